The number of halogens is 21. The maximum absolute atomic E-state index is 14.7. The lowest BCUT2D eigenvalue weighted by Gasteiger charge is -2.42. The van der Waals surface area contributed by atoms with Crippen molar-refractivity contribution >= 4 is 7.82 Å². The van der Waals surface area contributed by atoms with E-state index in [4.69, 9.17) is 0 Å². The normalized spacial score (nSPS) is 19.7. The minimum Gasteiger partial charge on any atom is -0.237 e. The number of hydrogen-bond donors (Lipinski definition) is 0. The summed E-state index contributed by atoms with van der Waals surface area (Å²) in [7, 11) is -9.36. The molecule has 0 saturated heterocycles. The second-order valence-electron chi connectivity index (χ2n) is 12.6. The topological polar surface area (TPSA) is 44.8 Å². The highest BCUT2D eigenvalue weighted by Gasteiger charge is 2.85. The molecular formula is C27H36F21O4P. The number of phosphoric ester groups is 1. The summed E-state index contributed by atoms with van der Waals surface area (Å²) in [5.41, 5.74) is -14.6. The third-order valence-electron chi connectivity index (χ3n) is 7.92. The lowest BCUT2D eigenvalue weighted by molar-refractivity contribution is -0.425. The largest absolute Gasteiger partial charge is 0.489 e. The molecule has 53 heavy (non-hydrogen) atoms. The Balaban J connectivity index is 7.71. The molecule has 26 heteroatoms. The first-order valence-electron chi connectivity index (χ1n) is 15.2. The van der Waals surface area contributed by atoms with Crippen molar-refractivity contribution < 1.29 is 110 Å². The van der Waals surface area contributed by atoms with Crippen LogP contribution < -0.4 is 0 Å². The Morgan fingerprint density at radius 1 is 0.358 bits per heavy atom. The molecule has 0 amide bonds. The molecular weight excluding hydrogens is 818 g/mol. The molecule has 0 aliphatic heterocycles. The van der Waals surface area contributed by atoms with Crippen LogP contribution in [0.2, 0.25) is 0 Å². The van der Waals surface area contributed by atoms with E-state index in [9.17, 15) is 96.8 Å². The first-order valence-corrected chi connectivity index (χ1v) is 16.7. The van der Waals surface area contributed by atoms with Crippen LogP contribution in [-0.4, -0.2) is 70.9 Å². The van der Waals surface area contributed by atoms with Gasteiger partial charge in [0.15, 0.2) is 17.0 Å². The van der Waals surface area contributed by atoms with Gasteiger partial charge in [-0.15, -0.1) is 0 Å². The Bertz CT molecular complexity index is 1110. The van der Waals surface area contributed by atoms with E-state index < -0.39 is 138 Å². The summed E-state index contributed by atoms with van der Waals surface area (Å²) in [4.78, 5) is 0. The summed E-state index contributed by atoms with van der Waals surface area (Å²) in [6.07, 6.45) is -32.6. The average molecular weight is 855 g/mol. The van der Waals surface area contributed by atoms with Gasteiger partial charge in [-0.2, -0.15) is 79.0 Å². The van der Waals surface area contributed by atoms with Crippen molar-refractivity contribution in [1.29, 1.82) is 0 Å². The number of unbranched alkanes of at least 4 members (excludes halogenated alkanes) is 3. The van der Waals surface area contributed by atoms with E-state index in [2.05, 4.69) is 13.6 Å². The Hall–Kier alpha value is -1.36. The molecule has 0 fully saturated rings. The quantitative estimate of drug-likeness (QED) is 0.0717. The van der Waals surface area contributed by atoms with E-state index in [1.807, 2.05) is 0 Å². The number of rotatable bonds is 24. The molecule has 0 N–H and O–H groups in total. The van der Waals surface area contributed by atoms with Crippen molar-refractivity contribution in [1.82, 2.24) is 0 Å². The third-order valence-corrected chi connectivity index (χ3v) is 9.28. The van der Waals surface area contributed by atoms with Gasteiger partial charge >= 0.3 is 61.7 Å². The highest BCUT2D eigenvalue weighted by molar-refractivity contribution is 7.48. The minimum absolute atomic E-state index is 0.334. The summed E-state index contributed by atoms with van der Waals surface area (Å²) in [6.45, 7) is 1.72. The van der Waals surface area contributed by atoms with Crippen LogP contribution in [-0.2, 0) is 18.1 Å². The van der Waals surface area contributed by atoms with Crippen molar-refractivity contribution in [2.24, 2.45) is 0 Å². The molecule has 0 aliphatic rings. The third kappa shape index (κ3) is 9.44. The van der Waals surface area contributed by atoms with Crippen molar-refractivity contribution in [3.8, 4) is 0 Å². The average Bonchev–Trinajstić information content (AvgIpc) is 2.95. The van der Waals surface area contributed by atoms with Gasteiger partial charge < -0.3 is 0 Å². The number of alkyl halides is 21. The Kier molecular flexibility index (Phi) is 15.5. The minimum atomic E-state index is -9.36. The molecule has 0 aromatic heterocycles. The highest BCUT2D eigenvalue weighted by atomic mass is 31.2. The van der Waals surface area contributed by atoms with E-state index in [1.54, 1.807) is 0 Å². The first-order chi connectivity index (χ1) is 23.1. The van der Waals surface area contributed by atoms with Crippen molar-refractivity contribution in [3.05, 3.63) is 0 Å². The fraction of sp³-hybridized carbons (Fsp3) is 1.00. The molecule has 0 aromatic carbocycles. The molecule has 0 bridgehead atoms. The van der Waals surface area contributed by atoms with Crippen molar-refractivity contribution in [2.45, 2.75) is 170 Å². The maximum Gasteiger partial charge on any atom is 0.489 e. The van der Waals surface area contributed by atoms with Crippen LogP contribution in [0.4, 0.5) is 92.2 Å². The number of hydrogen-bond acceptors (Lipinski definition) is 4. The van der Waals surface area contributed by atoms with Gasteiger partial charge in [0.2, 0.25) is 0 Å². The van der Waals surface area contributed by atoms with Crippen LogP contribution in [0.15, 0.2) is 0 Å². The zero-order valence-corrected chi connectivity index (χ0v) is 29.3. The fourth-order valence-corrected chi connectivity index (χ4v) is 5.47. The Labute approximate surface area is 289 Å². The van der Waals surface area contributed by atoms with Crippen molar-refractivity contribution in [2.75, 3.05) is 0 Å². The lowest BCUT2D eigenvalue weighted by atomic mass is 9.89. The van der Waals surface area contributed by atoms with Crippen LogP contribution in [0.3, 0.4) is 0 Å². The molecule has 0 radical (unpaired) electrons. The van der Waals surface area contributed by atoms with Gasteiger partial charge in [-0.05, 0) is 40.0 Å². The summed E-state index contributed by atoms with van der Waals surface area (Å²) in [6, 6.07) is 0. The summed E-state index contributed by atoms with van der Waals surface area (Å²) >= 11 is 0. The van der Waals surface area contributed by atoms with Crippen LogP contribution in [0, 0.1) is 0 Å². The van der Waals surface area contributed by atoms with Crippen LogP contribution in [0.25, 0.3) is 0 Å². The van der Waals surface area contributed by atoms with Gasteiger partial charge in [-0.1, -0.05) is 59.3 Å². The van der Waals surface area contributed by atoms with E-state index in [1.165, 1.54) is 0 Å². The van der Waals surface area contributed by atoms with Gasteiger partial charge in [-0.25, -0.2) is 31.3 Å². The second kappa shape index (κ2) is 15.9. The van der Waals surface area contributed by atoms with E-state index >= 15 is 0 Å². The number of phosphoric acid groups is 1. The van der Waals surface area contributed by atoms with Crippen LogP contribution >= 0.6 is 7.82 Å². The Morgan fingerprint density at radius 3 is 0.679 bits per heavy atom. The molecule has 320 valence electrons. The molecule has 0 saturated carbocycles. The lowest BCUT2D eigenvalue weighted by Crippen LogP contribution is -2.65. The predicted octanol–water partition coefficient (Wildman–Crippen LogP) is 13.5. The van der Waals surface area contributed by atoms with E-state index in [0.717, 1.165) is 20.8 Å². The molecule has 4 nitrogen and oxygen atoms in total. The van der Waals surface area contributed by atoms with E-state index in [0.29, 0.717) is 0 Å². The van der Waals surface area contributed by atoms with Gasteiger partial charge in [-0.3, -0.25) is 0 Å². The molecule has 0 heterocycles. The smallest absolute Gasteiger partial charge is 0.237 e. The van der Waals surface area contributed by atoms with Crippen LogP contribution in [0.5, 0.6) is 0 Å². The predicted molar refractivity (Wildman–Crippen MR) is 142 cm³/mol. The summed E-state index contributed by atoms with van der Waals surface area (Å²) < 4.78 is 326. The first kappa shape index (κ1) is 51.6. The van der Waals surface area contributed by atoms with Crippen molar-refractivity contribution in [3.63, 3.8) is 0 Å². The zero-order valence-electron chi connectivity index (χ0n) is 28.4. The fourth-order valence-electron chi connectivity index (χ4n) is 4.18. The van der Waals surface area contributed by atoms with Gasteiger partial charge in [0, 0.05) is 0 Å². The zero-order chi connectivity index (χ0) is 43.0. The molecule has 0 aliphatic carbocycles. The molecule has 0 spiro atoms. The molecule has 0 rings (SSSR count). The van der Waals surface area contributed by atoms with E-state index in [-0.39, 0.29) is 19.3 Å². The summed E-state index contributed by atoms with van der Waals surface area (Å²) in [5, 5.41) is 0. The van der Waals surface area contributed by atoms with Gasteiger partial charge in [0.05, 0.1) is 0 Å². The monoisotopic (exact) mass is 854 g/mol. The van der Waals surface area contributed by atoms with Gasteiger partial charge in [0.25, 0.3) is 0 Å². The standard InChI is InChI=1S/C27H36F21O4P/c1-7-10-13-16(4,28)19(31,32)22(37,38)25(43,44)50-53(49,51-26(45,46)23(39,40)20(33,34)17(5,29)14-11-8-2)52-27(47,48)24(41,42)21(35,36)18(6,30)15-12-9-3/h7-15H2,1-6H3. The van der Waals surface area contributed by atoms with Crippen LogP contribution in [0.1, 0.15) is 99.3 Å². The maximum atomic E-state index is 14.7. The SMILES string of the molecule is CCCCC(C)(F)C(F)(F)C(F)(F)C(F)(F)OP(=O)(OC(F)(F)C(F)(F)C(F)(F)C(C)(F)CCCC)OC(F)(F)C(F)(F)C(F)(F)C(C)(F)CCCC. The highest BCUT2D eigenvalue weighted by Crippen LogP contribution is 2.69. The molecule has 3 atom stereocenters. The molecule has 3 unspecified atom stereocenters. The second-order valence-corrected chi connectivity index (χ2v) is 14.1. The summed E-state index contributed by atoms with van der Waals surface area (Å²) in [5.74, 6) is -44.1. The molecule has 0 aromatic rings. The van der Waals surface area contributed by atoms with Gasteiger partial charge in [0.1, 0.15) is 0 Å². The Morgan fingerprint density at radius 2 is 0.528 bits per heavy atom.